The Morgan fingerprint density at radius 2 is 1.81 bits per heavy atom. The minimum Gasteiger partial charge on any atom is -0.481 e. The molecule has 0 spiro atoms. The molecule has 0 bridgehead atoms. The van der Waals surface area contributed by atoms with E-state index in [-0.39, 0.29) is 18.1 Å². The molecule has 10 heteroatoms. The first-order valence-electron chi connectivity index (χ1n) is 11.9. The SMILES string of the molecule is COc1cc(N2CCN(C(=O)Cc3nc(-c4ccc(Cl)c(C)c4)cn3-c3ccc(F)cc3)CC2)ncn1. The van der Waals surface area contributed by atoms with Crippen molar-refractivity contribution in [3.63, 3.8) is 0 Å². The first-order valence-corrected chi connectivity index (χ1v) is 12.3. The molecule has 0 aliphatic carbocycles. The number of rotatable bonds is 6. The molecular formula is C27H26ClFN6O2. The van der Waals surface area contributed by atoms with Crippen molar-refractivity contribution in [2.24, 2.45) is 0 Å². The van der Waals surface area contributed by atoms with Gasteiger partial charge in [-0.2, -0.15) is 0 Å². The molecule has 1 fully saturated rings. The van der Waals surface area contributed by atoms with Crippen LogP contribution in [0.2, 0.25) is 5.02 Å². The monoisotopic (exact) mass is 520 g/mol. The van der Waals surface area contributed by atoms with E-state index in [9.17, 15) is 9.18 Å². The average molecular weight is 521 g/mol. The highest BCUT2D eigenvalue weighted by atomic mass is 35.5. The van der Waals surface area contributed by atoms with Crippen molar-refractivity contribution in [1.82, 2.24) is 24.4 Å². The summed E-state index contributed by atoms with van der Waals surface area (Å²) in [5, 5.41) is 0.677. The fourth-order valence-corrected chi connectivity index (χ4v) is 4.48. The number of piperazine rings is 1. The van der Waals surface area contributed by atoms with E-state index in [1.54, 1.807) is 25.3 Å². The third kappa shape index (κ3) is 5.41. The summed E-state index contributed by atoms with van der Waals surface area (Å²) in [6, 6.07) is 13.6. The quantitative estimate of drug-likeness (QED) is 0.377. The molecule has 190 valence electrons. The molecule has 0 unspecified atom stereocenters. The standard InChI is InChI=1S/C27H26ClFN6O2/c1-18-13-19(3-8-22(18)28)23-16-35(21-6-4-20(29)5-7-21)25(32-23)15-27(36)34-11-9-33(10-12-34)24-14-26(37-2)31-17-30-24/h3-8,13-14,16-17H,9-12,15H2,1-2H3. The lowest BCUT2D eigenvalue weighted by Crippen LogP contribution is -2.49. The molecule has 4 aromatic rings. The molecule has 1 amide bonds. The van der Waals surface area contributed by atoms with Crippen LogP contribution in [0.15, 0.2) is 61.1 Å². The summed E-state index contributed by atoms with van der Waals surface area (Å²) in [5.41, 5.74) is 3.28. The lowest BCUT2D eigenvalue weighted by atomic mass is 10.1. The van der Waals surface area contributed by atoms with Gasteiger partial charge in [0, 0.05) is 54.7 Å². The number of aryl methyl sites for hydroxylation is 1. The highest BCUT2D eigenvalue weighted by molar-refractivity contribution is 6.31. The number of amides is 1. The van der Waals surface area contributed by atoms with Gasteiger partial charge in [-0.15, -0.1) is 0 Å². The van der Waals surface area contributed by atoms with Crippen molar-refractivity contribution >= 4 is 23.3 Å². The summed E-state index contributed by atoms with van der Waals surface area (Å²) in [6.45, 7) is 4.35. The van der Waals surface area contributed by atoms with E-state index in [4.69, 9.17) is 21.3 Å². The number of hydrogen-bond donors (Lipinski definition) is 0. The molecule has 2 aromatic carbocycles. The summed E-state index contributed by atoms with van der Waals surface area (Å²) >= 11 is 6.21. The van der Waals surface area contributed by atoms with Gasteiger partial charge in [0.1, 0.15) is 23.8 Å². The number of methoxy groups -OCH3 is 1. The number of aromatic nitrogens is 4. The minimum absolute atomic E-state index is 0.0206. The molecule has 1 aliphatic rings. The van der Waals surface area contributed by atoms with Crippen LogP contribution < -0.4 is 9.64 Å². The first-order chi connectivity index (χ1) is 17.9. The second kappa shape index (κ2) is 10.6. The smallest absolute Gasteiger partial charge is 0.230 e. The fourth-order valence-electron chi connectivity index (χ4n) is 4.36. The Morgan fingerprint density at radius 1 is 1.05 bits per heavy atom. The zero-order valence-corrected chi connectivity index (χ0v) is 21.3. The third-order valence-electron chi connectivity index (χ3n) is 6.44. The topological polar surface area (TPSA) is 76.4 Å². The van der Waals surface area contributed by atoms with Crippen molar-refractivity contribution in [3.8, 4) is 22.8 Å². The second-order valence-electron chi connectivity index (χ2n) is 8.82. The number of benzene rings is 2. The van der Waals surface area contributed by atoms with Crippen molar-refractivity contribution in [2.75, 3.05) is 38.2 Å². The molecule has 0 saturated carbocycles. The van der Waals surface area contributed by atoms with Gasteiger partial charge >= 0.3 is 0 Å². The van der Waals surface area contributed by atoms with Crippen molar-refractivity contribution < 1.29 is 13.9 Å². The van der Waals surface area contributed by atoms with Crippen LogP contribution in [0.5, 0.6) is 5.88 Å². The molecule has 3 heterocycles. The van der Waals surface area contributed by atoms with Crippen LogP contribution in [0.25, 0.3) is 16.9 Å². The van der Waals surface area contributed by atoms with E-state index in [2.05, 4.69) is 14.9 Å². The van der Waals surface area contributed by atoms with Gasteiger partial charge in [-0.25, -0.2) is 19.3 Å². The number of hydrogen-bond acceptors (Lipinski definition) is 6. The Bertz CT molecular complexity index is 1420. The molecule has 5 rings (SSSR count). The van der Waals surface area contributed by atoms with Crippen LogP contribution in [0, 0.1) is 12.7 Å². The highest BCUT2D eigenvalue weighted by Crippen LogP contribution is 2.26. The summed E-state index contributed by atoms with van der Waals surface area (Å²) in [7, 11) is 1.57. The number of carbonyl (C=O) groups excluding carboxylic acids is 1. The predicted octanol–water partition coefficient (Wildman–Crippen LogP) is 4.33. The molecular weight excluding hydrogens is 495 g/mol. The van der Waals surface area contributed by atoms with Crippen LogP contribution in [0.4, 0.5) is 10.2 Å². The van der Waals surface area contributed by atoms with Gasteiger partial charge in [0.15, 0.2) is 0 Å². The van der Waals surface area contributed by atoms with E-state index < -0.39 is 0 Å². The highest BCUT2D eigenvalue weighted by Gasteiger charge is 2.24. The van der Waals surface area contributed by atoms with Crippen molar-refractivity contribution in [3.05, 3.63) is 83.3 Å². The lowest BCUT2D eigenvalue weighted by molar-refractivity contribution is -0.130. The first kappa shape index (κ1) is 24.7. The Hall–Kier alpha value is -3.98. The number of imidazole rings is 1. The number of ether oxygens (including phenoxy) is 1. The van der Waals surface area contributed by atoms with E-state index in [0.29, 0.717) is 42.9 Å². The maximum Gasteiger partial charge on any atom is 0.230 e. The number of anilines is 1. The number of halogens is 2. The summed E-state index contributed by atoms with van der Waals surface area (Å²) in [6.07, 6.45) is 3.46. The van der Waals surface area contributed by atoms with Crippen LogP contribution in [-0.4, -0.2) is 63.6 Å². The van der Waals surface area contributed by atoms with Crippen LogP contribution in [0.1, 0.15) is 11.4 Å². The fraction of sp³-hybridized carbons (Fsp3) is 0.259. The molecule has 2 aromatic heterocycles. The van der Waals surface area contributed by atoms with E-state index in [0.717, 1.165) is 28.3 Å². The molecule has 0 radical (unpaired) electrons. The van der Waals surface area contributed by atoms with Crippen molar-refractivity contribution in [2.45, 2.75) is 13.3 Å². The maximum atomic E-state index is 13.6. The van der Waals surface area contributed by atoms with E-state index >= 15 is 0 Å². The Balaban J connectivity index is 1.35. The maximum absolute atomic E-state index is 13.6. The molecule has 0 N–H and O–H groups in total. The van der Waals surface area contributed by atoms with Gasteiger partial charge in [-0.1, -0.05) is 17.7 Å². The van der Waals surface area contributed by atoms with E-state index in [1.807, 2.05) is 40.8 Å². The van der Waals surface area contributed by atoms with Gasteiger partial charge < -0.3 is 19.1 Å². The Labute approximate surface area is 219 Å². The second-order valence-corrected chi connectivity index (χ2v) is 9.22. The lowest BCUT2D eigenvalue weighted by Gasteiger charge is -2.35. The van der Waals surface area contributed by atoms with Gasteiger partial charge in [0.2, 0.25) is 11.8 Å². The van der Waals surface area contributed by atoms with Gasteiger partial charge in [0.05, 0.1) is 19.2 Å². The predicted molar refractivity (Wildman–Crippen MR) is 140 cm³/mol. The largest absolute Gasteiger partial charge is 0.481 e. The molecule has 1 aliphatic heterocycles. The van der Waals surface area contributed by atoms with Crippen LogP contribution >= 0.6 is 11.6 Å². The Morgan fingerprint density at radius 3 is 2.51 bits per heavy atom. The number of nitrogens with zero attached hydrogens (tertiary/aromatic N) is 6. The van der Waals surface area contributed by atoms with Gasteiger partial charge in [-0.3, -0.25) is 4.79 Å². The summed E-state index contributed by atoms with van der Waals surface area (Å²) in [4.78, 5) is 30.5. The Kier molecular flexibility index (Phi) is 7.05. The average Bonchev–Trinajstić information content (AvgIpc) is 3.34. The minimum atomic E-state index is -0.325. The molecule has 1 saturated heterocycles. The molecule has 8 nitrogen and oxygen atoms in total. The summed E-state index contributed by atoms with van der Waals surface area (Å²) < 4.78 is 20.6. The molecule has 0 atom stereocenters. The van der Waals surface area contributed by atoms with Gasteiger partial charge in [-0.05, 0) is 48.9 Å². The van der Waals surface area contributed by atoms with Gasteiger partial charge in [0.25, 0.3) is 0 Å². The van der Waals surface area contributed by atoms with Crippen molar-refractivity contribution in [1.29, 1.82) is 0 Å². The van der Waals surface area contributed by atoms with Crippen LogP contribution in [0.3, 0.4) is 0 Å². The van der Waals surface area contributed by atoms with Crippen LogP contribution in [-0.2, 0) is 11.2 Å². The number of carbonyl (C=O) groups is 1. The normalized spacial score (nSPS) is 13.6. The van der Waals surface area contributed by atoms with E-state index in [1.165, 1.54) is 18.5 Å². The molecule has 37 heavy (non-hydrogen) atoms. The third-order valence-corrected chi connectivity index (χ3v) is 6.86. The zero-order valence-electron chi connectivity index (χ0n) is 20.6. The summed E-state index contributed by atoms with van der Waals surface area (Å²) in [5.74, 6) is 1.51. The zero-order chi connectivity index (χ0) is 25.9.